The van der Waals surface area contributed by atoms with Gasteiger partial charge < -0.3 is 10.6 Å². The molecule has 1 aliphatic rings. The predicted molar refractivity (Wildman–Crippen MR) is 57.4 cm³/mol. The van der Waals surface area contributed by atoms with Crippen LogP contribution >= 0.6 is 0 Å². The summed E-state index contributed by atoms with van der Waals surface area (Å²) in [5.74, 6) is -0.0152. The summed E-state index contributed by atoms with van der Waals surface area (Å²) in [7, 11) is 0. The number of nitrogens with two attached hydrogens (primary N) is 1. The minimum absolute atomic E-state index is 0.0152. The molecule has 1 aromatic heterocycles. The standard InChI is InChI=1S/C10H16N4O/c1-3-4-13-6-8(5-12-13)14-7(2)9(11)10(14)15/h5-7,9H,3-4,11H2,1-2H3/t7-,9-/m1/s1. The van der Waals surface area contributed by atoms with E-state index in [0.717, 1.165) is 18.7 Å². The second kappa shape index (κ2) is 3.66. The third kappa shape index (κ3) is 1.52. The van der Waals surface area contributed by atoms with E-state index >= 15 is 0 Å². The molecule has 1 saturated heterocycles. The smallest absolute Gasteiger partial charge is 0.246 e. The Hall–Kier alpha value is -1.36. The van der Waals surface area contributed by atoms with Crippen LogP contribution in [0.3, 0.4) is 0 Å². The maximum Gasteiger partial charge on any atom is 0.246 e. The van der Waals surface area contributed by atoms with E-state index in [-0.39, 0.29) is 18.0 Å². The lowest BCUT2D eigenvalue weighted by molar-refractivity contribution is -0.125. The van der Waals surface area contributed by atoms with Crippen LogP contribution in [0.25, 0.3) is 0 Å². The molecule has 15 heavy (non-hydrogen) atoms. The zero-order valence-corrected chi connectivity index (χ0v) is 9.05. The van der Waals surface area contributed by atoms with E-state index in [1.165, 1.54) is 0 Å². The molecule has 82 valence electrons. The van der Waals surface area contributed by atoms with Crippen molar-refractivity contribution in [3.8, 4) is 0 Å². The third-order valence-corrected chi connectivity index (χ3v) is 2.80. The first-order chi connectivity index (χ1) is 7.15. The number of aryl methyl sites for hydroxylation is 1. The van der Waals surface area contributed by atoms with Gasteiger partial charge in [0.05, 0.1) is 17.9 Å². The summed E-state index contributed by atoms with van der Waals surface area (Å²) in [6.07, 6.45) is 4.64. The molecule has 5 heteroatoms. The molecule has 2 N–H and O–H groups in total. The molecule has 5 nitrogen and oxygen atoms in total. The van der Waals surface area contributed by atoms with Crippen LogP contribution in [0.4, 0.5) is 5.69 Å². The highest BCUT2D eigenvalue weighted by Gasteiger charge is 2.43. The van der Waals surface area contributed by atoms with Crippen molar-refractivity contribution in [2.45, 2.75) is 38.9 Å². The van der Waals surface area contributed by atoms with E-state index in [0.29, 0.717) is 0 Å². The Bertz CT molecular complexity index is 373. The molecule has 1 fully saturated rings. The Labute approximate surface area is 88.8 Å². The molecule has 0 spiro atoms. The van der Waals surface area contributed by atoms with Crippen LogP contribution in [0.15, 0.2) is 12.4 Å². The van der Waals surface area contributed by atoms with E-state index in [4.69, 9.17) is 5.73 Å². The zero-order valence-electron chi connectivity index (χ0n) is 9.05. The summed E-state index contributed by atoms with van der Waals surface area (Å²) in [5.41, 5.74) is 6.49. The number of carbonyl (C=O) groups is 1. The number of amides is 1. The van der Waals surface area contributed by atoms with Crippen LogP contribution < -0.4 is 10.6 Å². The van der Waals surface area contributed by atoms with Gasteiger partial charge in [-0.2, -0.15) is 5.10 Å². The Morgan fingerprint density at radius 1 is 1.60 bits per heavy atom. The summed E-state index contributed by atoms with van der Waals surface area (Å²) in [6, 6.07) is -0.267. The van der Waals surface area contributed by atoms with Gasteiger partial charge in [-0.1, -0.05) is 6.92 Å². The Morgan fingerprint density at radius 3 is 2.93 bits per heavy atom. The molecule has 1 aliphatic heterocycles. The Kier molecular flexibility index (Phi) is 2.48. The second-order valence-electron chi connectivity index (χ2n) is 3.94. The van der Waals surface area contributed by atoms with Gasteiger partial charge in [0.25, 0.3) is 0 Å². The first-order valence-corrected chi connectivity index (χ1v) is 5.26. The quantitative estimate of drug-likeness (QED) is 0.729. The largest absolute Gasteiger partial charge is 0.318 e. The summed E-state index contributed by atoms with van der Waals surface area (Å²) in [6.45, 7) is 4.92. The van der Waals surface area contributed by atoms with Crippen LogP contribution in [0.2, 0.25) is 0 Å². The lowest BCUT2D eigenvalue weighted by atomic mass is 9.97. The number of hydrogen-bond acceptors (Lipinski definition) is 3. The van der Waals surface area contributed by atoms with E-state index in [9.17, 15) is 4.79 Å². The van der Waals surface area contributed by atoms with Gasteiger partial charge in [0.2, 0.25) is 5.91 Å². The molecule has 2 rings (SSSR count). The molecule has 0 radical (unpaired) electrons. The molecule has 1 aromatic rings. The van der Waals surface area contributed by atoms with Crippen LogP contribution in [-0.2, 0) is 11.3 Å². The molecule has 2 heterocycles. The van der Waals surface area contributed by atoms with Crippen molar-refractivity contribution in [2.75, 3.05) is 4.90 Å². The summed E-state index contributed by atoms with van der Waals surface area (Å²) < 4.78 is 1.85. The molecule has 0 bridgehead atoms. The highest BCUT2D eigenvalue weighted by atomic mass is 16.2. The second-order valence-corrected chi connectivity index (χ2v) is 3.94. The molecular weight excluding hydrogens is 192 g/mol. The van der Waals surface area contributed by atoms with Gasteiger partial charge in [-0.05, 0) is 13.3 Å². The predicted octanol–water partition coefficient (Wildman–Crippen LogP) is 0.356. The number of rotatable bonds is 3. The van der Waals surface area contributed by atoms with Crippen molar-refractivity contribution >= 4 is 11.6 Å². The fourth-order valence-corrected chi connectivity index (χ4v) is 1.84. The van der Waals surface area contributed by atoms with Crippen LogP contribution in [0.5, 0.6) is 0 Å². The van der Waals surface area contributed by atoms with Gasteiger partial charge in [-0.15, -0.1) is 0 Å². The summed E-state index contributed by atoms with van der Waals surface area (Å²) in [4.78, 5) is 13.2. The van der Waals surface area contributed by atoms with Crippen LogP contribution in [0.1, 0.15) is 20.3 Å². The lowest BCUT2D eigenvalue weighted by Crippen LogP contribution is -2.67. The first-order valence-electron chi connectivity index (χ1n) is 5.26. The molecule has 0 unspecified atom stereocenters. The lowest BCUT2D eigenvalue weighted by Gasteiger charge is -2.42. The van der Waals surface area contributed by atoms with Gasteiger partial charge >= 0.3 is 0 Å². The highest BCUT2D eigenvalue weighted by molar-refractivity contribution is 6.04. The molecule has 1 amide bonds. The van der Waals surface area contributed by atoms with E-state index in [2.05, 4.69) is 12.0 Å². The maximum atomic E-state index is 11.5. The van der Waals surface area contributed by atoms with E-state index < -0.39 is 0 Å². The topological polar surface area (TPSA) is 64.2 Å². The number of nitrogens with zero attached hydrogens (tertiary/aromatic N) is 3. The van der Waals surface area contributed by atoms with Crippen molar-refractivity contribution in [2.24, 2.45) is 5.73 Å². The van der Waals surface area contributed by atoms with Crippen molar-refractivity contribution in [1.29, 1.82) is 0 Å². The third-order valence-electron chi connectivity index (χ3n) is 2.80. The van der Waals surface area contributed by atoms with Gasteiger partial charge in [0, 0.05) is 12.7 Å². The van der Waals surface area contributed by atoms with Crippen LogP contribution in [0, 0.1) is 0 Å². The number of β-lactam (4-membered cyclic amide) rings is 1. The molecule has 0 aromatic carbocycles. The monoisotopic (exact) mass is 208 g/mol. The fourth-order valence-electron chi connectivity index (χ4n) is 1.84. The minimum Gasteiger partial charge on any atom is -0.318 e. The summed E-state index contributed by atoms with van der Waals surface area (Å²) in [5, 5.41) is 4.18. The van der Waals surface area contributed by atoms with Gasteiger partial charge in [0.15, 0.2) is 0 Å². The minimum atomic E-state index is -0.348. The van der Waals surface area contributed by atoms with Gasteiger partial charge in [0.1, 0.15) is 6.04 Å². The Balaban J connectivity index is 2.13. The Morgan fingerprint density at radius 2 is 2.33 bits per heavy atom. The number of carbonyl (C=O) groups excluding carboxylic acids is 1. The number of aromatic nitrogens is 2. The van der Waals surface area contributed by atoms with Crippen molar-refractivity contribution in [3.63, 3.8) is 0 Å². The molecule has 0 aliphatic carbocycles. The molecule has 0 saturated carbocycles. The van der Waals surface area contributed by atoms with Crippen LogP contribution in [-0.4, -0.2) is 27.8 Å². The average molecular weight is 208 g/mol. The van der Waals surface area contributed by atoms with E-state index in [1.54, 1.807) is 11.1 Å². The molecular formula is C10H16N4O. The van der Waals surface area contributed by atoms with Crippen molar-refractivity contribution < 1.29 is 4.79 Å². The SMILES string of the molecule is CCCn1cc(N2C(=O)[C@H](N)[C@H]2C)cn1. The first kappa shape index (κ1) is 10.2. The van der Waals surface area contributed by atoms with E-state index in [1.807, 2.05) is 17.8 Å². The number of hydrogen-bond donors (Lipinski definition) is 1. The highest BCUT2D eigenvalue weighted by Crippen LogP contribution is 2.26. The van der Waals surface area contributed by atoms with Crippen molar-refractivity contribution in [3.05, 3.63) is 12.4 Å². The van der Waals surface area contributed by atoms with Crippen molar-refractivity contribution in [1.82, 2.24) is 9.78 Å². The molecule has 2 atom stereocenters. The van der Waals surface area contributed by atoms with Gasteiger partial charge in [-0.25, -0.2) is 0 Å². The number of anilines is 1. The zero-order chi connectivity index (χ0) is 11.0. The average Bonchev–Trinajstić information content (AvgIpc) is 2.66. The summed E-state index contributed by atoms with van der Waals surface area (Å²) >= 11 is 0. The normalized spacial score (nSPS) is 25.5. The fraction of sp³-hybridized carbons (Fsp3) is 0.600. The maximum absolute atomic E-state index is 11.5. The van der Waals surface area contributed by atoms with Gasteiger partial charge in [-0.3, -0.25) is 9.48 Å².